The number of carboxylic acids is 1. The number of fused-ring (bicyclic) bond motifs is 1. The standard InChI is InChI=1S/C21H13FN2O3S/c22-14-7-5-13(6-8-14)17-18-19(28-20(17)21(26)27)15(9-16(25)24-18)12-3-1-11(10-23)2-4-12/h1-8,15H,9H2,(H,24,25)(H,26,27). The first-order valence-corrected chi connectivity index (χ1v) is 9.25. The number of hydrogen-bond acceptors (Lipinski definition) is 4. The highest BCUT2D eigenvalue weighted by Gasteiger charge is 2.34. The van der Waals surface area contributed by atoms with Gasteiger partial charge in [0.25, 0.3) is 0 Å². The van der Waals surface area contributed by atoms with Gasteiger partial charge in [0.15, 0.2) is 0 Å². The molecule has 138 valence electrons. The number of halogens is 1. The number of nitrogens with zero attached hydrogens (tertiary/aromatic N) is 1. The van der Waals surface area contributed by atoms with E-state index in [9.17, 15) is 19.1 Å². The third-order valence-electron chi connectivity index (χ3n) is 4.68. The van der Waals surface area contributed by atoms with Crippen molar-refractivity contribution in [3.8, 4) is 17.2 Å². The number of carboxylic acid groups (broad SMARTS) is 1. The van der Waals surface area contributed by atoms with Crippen LogP contribution in [0.25, 0.3) is 11.1 Å². The quantitative estimate of drug-likeness (QED) is 0.682. The molecule has 28 heavy (non-hydrogen) atoms. The number of amides is 1. The van der Waals surface area contributed by atoms with Crippen LogP contribution in [0, 0.1) is 17.1 Å². The Kier molecular flexibility index (Phi) is 4.41. The molecular formula is C21H13FN2O3S. The van der Waals surface area contributed by atoms with Crippen LogP contribution in [0.2, 0.25) is 0 Å². The second-order valence-corrected chi connectivity index (χ2v) is 7.45. The third-order valence-corrected chi connectivity index (χ3v) is 5.97. The number of anilines is 1. The van der Waals surface area contributed by atoms with Gasteiger partial charge in [-0.05, 0) is 35.4 Å². The number of rotatable bonds is 3. The molecule has 1 aliphatic heterocycles. The molecule has 7 heteroatoms. The molecule has 1 atom stereocenters. The molecule has 2 heterocycles. The van der Waals surface area contributed by atoms with E-state index in [1.54, 1.807) is 24.3 Å². The highest BCUT2D eigenvalue weighted by Crippen LogP contribution is 2.49. The third kappa shape index (κ3) is 3.04. The second kappa shape index (κ2) is 6.91. The molecule has 1 aliphatic rings. The van der Waals surface area contributed by atoms with Crippen molar-refractivity contribution in [2.24, 2.45) is 0 Å². The molecule has 5 nitrogen and oxygen atoms in total. The summed E-state index contributed by atoms with van der Waals surface area (Å²) in [6.45, 7) is 0. The van der Waals surface area contributed by atoms with E-state index < -0.39 is 11.8 Å². The van der Waals surface area contributed by atoms with Crippen molar-refractivity contribution in [2.75, 3.05) is 5.32 Å². The first-order chi connectivity index (χ1) is 13.5. The SMILES string of the molecule is N#Cc1ccc(C2CC(=O)Nc3c2sc(C(=O)O)c3-c2ccc(F)cc2)cc1. The van der Waals surface area contributed by atoms with E-state index in [4.69, 9.17) is 5.26 Å². The lowest BCUT2D eigenvalue weighted by Gasteiger charge is -2.24. The first kappa shape index (κ1) is 17.9. The number of benzene rings is 2. The van der Waals surface area contributed by atoms with Gasteiger partial charge in [-0.15, -0.1) is 11.3 Å². The van der Waals surface area contributed by atoms with Gasteiger partial charge in [0.05, 0.1) is 17.3 Å². The normalized spacial score (nSPS) is 15.4. The predicted molar refractivity (Wildman–Crippen MR) is 103 cm³/mol. The maximum atomic E-state index is 13.3. The van der Waals surface area contributed by atoms with Gasteiger partial charge in [0, 0.05) is 22.8 Å². The van der Waals surface area contributed by atoms with Gasteiger partial charge in [-0.3, -0.25) is 4.79 Å². The lowest BCUT2D eigenvalue weighted by atomic mass is 9.88. The Bertz CT molecular complexity index is 1130. The Morgan fingerprint density at radius 2 is 1.86 bits per heavy atom. The van der Waals surface area contributed by atoms with Gasteiger partial charge in [0.1, 0.15) is 10.7 Å². The van der Waals surface area contributed by atoms with Crippen LogP contribution in [0.15, 0.2) is 48.5 Å². The summed E-state index contributed by atoms with van der Waals surface area (Å²) in [5.41, 5.74) is 2.71. The van der Waals surface area contributed by atoms with Crippen LogP contribution in [0.4, 0.5) is 10.1 Å². The molecule has 0 bridgehead atoms. The highest BCUT2D eigenvalue weighted by atomic mass is 32.1. The average Bonchev–Trinajstić information content (AvgIpc) is 3.07. The molecule has 0 spiro atoms. The lowest BCUT2D eigenvalue weighted by Crippen LogP contribution is -2.22. The second-order valence-electron chi connectivity index (χ2n) is 6.40. The number of thiophene rings is 1. The largest absolute Gasteiger partial charge is 0.477 e. The number of nitrogens with one attached hydrogen (secondary N) is 1. The summed E-state index contributed by atoms with van der Waals surface area (Å²) in [4.78, 5) is 25.1. The average molecular weight is 392 g/mol. The van der Waals surface area contributed by atoms with Gasteiger partial charge in [-0.25, -0.2) is 9.18 Å². The monoisotopic (exact) mass is 392 g/mol. The fourth-order valence-corrected chi connectivity index (χ4v) is 4.63. The van der Waals surface area contributed by atoms with E-state index >= 15 is 0 Å². The molecule has 0 fully saturated rings. The molecular weight excluding hydrogens is 379 g/mol. The van der Waals surface area contributed by atoms with Gasteiger partial charge in [0.2, 0.25) is 5.91 Å². The number of carbonyl (C=O) groups is 2. The van der Waals surface area contributed by atoms with E-state index in [1.165, 1.54) is 24.3 Å². The van der Waals surface area contributed by atoms with E-state index in [0.717, 1.165) is 21.8 Å². The smallest absolute Gasteiger partial charge is 0.346 e. The van der Waals surface area contributed by atoms with Crippen LogP contribution < -0.4 is 5.32 Å². The Hall–Kier alpha value is -3.50. The van der Waals surface area contributed by atoms with Gasteiger partial charge >= 0.3 is 5.97 Å². The molecule has 3 aromatic rings. The van der Waals surface area contributed by atoms with Crippen molar-refractivity contribution in [2.45, 2.75) is 12.3 Å². The zero-order valence-corrected chi connectivity index (χ0v) is 15.2. The van der Waals surface area contributed by atoms with Crippen LogP contribution in [-0.2, 0) is 4.79 Å². The summed E-state index contributed by atoms with van der Waals surface area (Å²) >= 11 is 1.11. The minimum atomic E-state index is -1.11. The Labute approximate surface area is 163 Å². The fraction of sp³-hybridized carbons (Fsp3) is 0.0952. The fourth-order valence-electron chi connectivity index (χ4n) is 3.39. The number of hydrogen-bond donors (Lipinski definition) is 2. The molecule has 0 saturated heterocycles. The summed E-state index contributed by atoms with van der Waals surface area (Å²) in [6.07, 6.45) is 0.182. The first-order valence-electron chi connectivity index (χ1n) is 8.43. The predicted octanol–water partition coefficient (Wildman–Crippen LogP) is 4.60. The molecule has 1 unspecified atom stereocenters. The minimum absolute atomic E-state index is 0.0949. The van der Waals surface area contributed by atoms with Crippen LogP contribution in [0.5, 0.6) is 0 Å². The molecule has 0 aliphatic carbocycles. The summed E-state index contributed by atoms with van der Waals surface area (Å²) in [5.74, 6) is -2.07. The maximum absolute atomic E-state index is 13.3. The van der Waals surface area contributed by atoms with Gasteiger partial charge in [-0.2, -0.15) is 5.26 Å². The molecule has 0 radical (unpaired) electrons. The van der Waals surface area contributed by atoms with Crippen LogP contribution in [-0.4, -0.2) is 17.0 Å². The minimum Gasteiger partial charge on any atom is -0.477 e. The molecule has 2 aromatic carbocycles. The van der Waals surface area contributed by atoms with Gasteiger partial charge in [-0.1, -0.05) is 24.3 Å². The summed E-state index contributed by atoms with van der Waals surface area (Å²) in [5, 5.41) is 21.5. The lowest BCUT2D eigenvalue weighted by molar-refractivity contribution is -0.116. The van der Waals surface area contributed by atoms with Crippen molar-refractivity contribution in [3.63, 3.8) is 0 Å². The van der Waals surface area contributed by atoms with E-state index in [-0.39, 0.29) is 23.1 Å². The summed E-state index contributed by atoms with van der Waals surface area (Å²) in [7, 11) is 0. The summed E-state index contributed by atoms with van der Waals surface area (Å²) in [6, 6.07) is 14.5. The van der Waals surface area contributed by atoms with Gasteiger partial charge < -0.3 is 10.4 Å². The van der Waals surface area contributed by atoms with E-state index in [2.05, 4.69) is 11.4 Å². The molecule has 2 N–H and O–H groups in total. The summed E-state index contributed by atoms with van der Waals surface area (Å²) < 4.78 is 13.3. The number of nitriles is 1. The molecule has 4 rings (SSSR count). The number of aromatic carboxylic acids is 1. The zero-order chi connectivity index (χ0) is 19.8. The van der Waals surface area contributed by atoms with Crippen molar-refractivity contribution < 1.29 is 19.1 Å². The van der Waals surface area contributed by atoms with Crippen LogP contribution in [0.1, 0.15) is 38.0 Å². The Balaban J connectivity index is 1.90. The van der Waals surface area contributed by atoms with Crippen molar-refractivity contribution in [3.05, 3.63) is 75.2 Å². The maximum Gasteiger partial charge on any atom is 0.346 e. The Morgan fingerprint density at radius 3 is 2.46 bits per heavy atom. The number of carbonyl (C=O) groups excluding carboxylic acids is 1. The van der Waals surface area contributed by atoms with E-state index in [0.29, 0.717) is 22.4 Å². The molecule has 0 saturated carbocycles. The van der Waals surface area contributed by atoms with Crippen molar-refractivity contribution in [1.29, 1.82) is 5.26 Å². The van der Waals surface area contributed by atoms with Crippen molar-refractivity contribution >= 4 is 28.9 Å². The van der Waals surface area contributed by atoms with Crippen molar-refractivity contribution in [1.82, 2.24) is 0 Å². The zero-order valence-electron chi connectivity index (χ0n) is 14.4. The van der Waals surface area contributed by atoms with E-state index in [1.807, 2.05) is 0 Å². The molecule has 1 aromatic heterocycles. The Morgan fingerprint density at radius 1 is 1.18 bits per heavy atom. The van der Waals surface area contributed by atoms with Crippen LogP contribution >= 0.6 is 11.3 Å². The molecule has 1 amide bonds. The topological polar surface area (TPSA) is 90.2 Å². The highest BCUT2D eigenvalue weighted by molar-refractivity contribution is 7.15. The van der Waals surface area contributed by atoms with Crippen LogP contribution in [0.3, 0.4) is 0 Å².